The Bertz CT molecular complexity index is 710. The summed E-state index contributed by atoms with van der Waals surface area (Å²) in [6.07, 6.45) is 10.9. The Balaban J connectivity index is 0.00000841. The molecule has 1 aromatic rings. The van der Waals surface area contributed by atoms with Crippen molar-refractivity contribution in [1.82, 2.24) is 0 Å². The number of unbranched alkanes of at least 4 members (excludes halogenated alkanes) is 7. The van der Waals surface area contributed by atoms with Gasteiger partial charge in [-0.05, 0) is 49.5 Å². The molecule has 0 saturated heterocycles. The van der Waals surface area contributed by atoms with E-state index in [2.05, 4.69) is 6.92 Å². The van der Waals surface area contributed by atoms with Crippen LogP contribution < -0.4 is 4.74 Å². The van der Waals surface area contributed by atoms with Crippen molar-refractivity contribution < 1.29 is 33.0 Å². The van der Waals surface area contributed by atoms with Gasteiger partial charge in [0, 0.05) is 0 Å². The summed E-state index contributed by atoms with van der Waals surface area (Å²) in [6, 6.07) is 7.12. The van der Waals surface area contributed by atoms with Gasteiger partial charge in [0.05, 0.1) is 5.75 Å². The van der Waals surface area contributed by atoms with Crippen LogP contribution in [0, 0.1) is 0 Å². The molecule has 1 aromatic carbocycles. The fourth-order valence-electron chi connectivity index (χ4n) is 2.88. The van der Waals surface area contributed by atoms with Gasteiger partial charge in [-0.2, -0.15) is 8.42 Å². The second kappa shape index (κ2) is 15.4. The van der Waals surface area contributed by atoms with Gasteiger partial charge < -0.3 is 20.1 Å². The van der Waals surface area contributed by atoms with Gasteiger partial charge in [-0.1, -0.05) is 57.6 Å². The molecule has 0 spiro atoms. The summed E-state index contributed by atoms with van der Waals surface area (Å²) in [5.41, 5.74) is 1.15. The van der Waals surface area contributed by atoms with E-state index in [1.54, 1.807) is 12.1 Å². The molecule has 0 atom stereocenters. The average Bonchev–Trinajstić information content (AvgIpc) is 2.63. The molecule has 7 nitrogen and oxygen atoms in total. The molecule has 30 heavy (non-hydrogen) atoms. The van der Waals surface area contributed by atoms with Crippen molar-refractivity contribution in [2.75, 3.05) is 5.75 Å². The number of rotatable bonds is 15. The van der Waals surface area contributed by atoms with E-state index in [-0.39, 0.29) is 42.4 Å². The van der Waals surface area contributed by atoms with Gasteiger partial charge in [-0.15, -0.1) is 0 Å². The molecule has 0 bridgehead atoms. The summed E-state index contributed by atoms with van der Waals surface area (Å²) in [5, 5.41) is 28.3. The fraction of sp³-hybridized carbons (Fsp3) is 0.619. The number of aryl methyl sites for hydroxylation is 1. The van der Waals surface area contributed by atoms with Crippen molar-refractivity contribution in [1.29, 1.82) is 0 Å². The molecule has 0 aliphatic heterocycles. The normalized spacial score (nSPS) is 12.5. The first kappa shape index (κ1) is 29.5. The molecular weight excluding hydrogens is 419 g/mol. The van der Waals surface area contributed by atoms with Crippen LogP contribution in [0.5, 0.6) is 5.75 Å². The zero-order chi connectivity index (χ0) is 21.8. The quantitative estimate of drug-likeness (QED) is 0.106. The SMILES string of the molecule is CCCCCCCCCc1ccc(OC(=CCCCS(=O)(=O)O)C(O)(O)O)cc1.[NaH]. The molecule has 0 amide bonds. The second-order valence-electron chi connectivity index (χ2n) is 7.25. The number of hydrogen-bond acceptors (Lipinski definition) is 6. The standard InChI is InChI=1S/C21H34O7S.Na.H/c1-2-3-4-5-6-7-8-11-18-13-15-19(16-14-18)28-20(21(22,23)24)12-9-10-17-29(25,26)27;;/h12-16,22-24H,2-11,17H2,1H3,(H,25,26,27);;. The Morgan fingerprint density at radius 2 is 1.53 bits per heavy atom. The molecule has 1 rings (SSSR count). The summed E-state index contributed by atoms with van der Waals surface area (Å²) in [7, 11) is -4.09. The topological polar surface area (TPSA) is 124 Å². The van der Waals surface area contributed by atoms with Gasteiger partial charge >= 0.3 is 35.5 Å². The van der Waals surface area contributed by atoms with E-state index in [4.69, 9.17) is 9.29 Å². The first-order chi connectivity index (χ1) is 13.6. The molecule has 0 unspecified atom stereocenters. The predicted octanol–water partition coefficient (Wildman–Crippen LogP) is 2.89. The zero-order valence-electron chi connectivity index (χ0n) is 17.1. The minimum atomic E-state index is -4.09. The first-order valence-corrected chi connectivity index (χ1v) is 11.8. The third-order valence-electron chi connectivity index (χ3n) is 4.49. The van der Waals surface area contributed by atoms with Crippen molar-refractivity contribution in [2.24, 2.45) is 0 Å². The molecule has 0 aromatic heterocycles. The summed E-state index contributed by atoms with van der Waals surface area (Å²) >= 11 is 0. The van der Waals surface area contributed by atoms with E-state index in [0.717, 1.165) is 18.4 Å². The number of allylic oxidation sites excluding steroid dienone is 1. The summed E-state index contributed by atoms with van der Waals surface area (Å²) in [4.78, 5) is 0. The third kappa shape index (κ3) is 14.5. The Labute approximate surface area is 202 Å². The zero-order valence-corrected chi connectivity index (χ0v) is 17.9. The molecule has 4 N–H and O–H groups in total. The van der Waals surface area contributed by atoms with Gasteiger partial charge in [-0.25, -0.2) is 0 Å². The molecule has 0 radical (unpaired) electrons. The monoisotopic (exact) mass is 454 g/mol. The average molecular weight is 455 g/mol. The van der Waals surface area contributed by atoms with Gasteiger partial charge in [0.25, 0.3) is 10.1 Å². The van der Waals surface area contributed by atoms with Gasteiger partial charge in [0.15, 0.2) is 5.76 Å². The number of aliphatic hydroxyl groups is 3. The van der Waals surface area contributed by atoms with E-state index >= 15 is 0 Å². The molecule has 9 heteroatoms. The summed E-state index contributed by atoms with van der Waals surface area (Å²) < 4.78 is 35.5. The van der Waals surface area contributed by atoms with Crippen LogP contribution in [-0.4, -0.2) is 69.6 Å². The number of hydrogen-bond donors (Lipinski definition) is 4. The van der Waals surface area contributed by atoms with Crippen molar-refractivity contribution >= 4 is 39.7 Å². The van der Waals surface area contributed by atoms with Crippen LogP contribution in [0.2, 0.25) is 0 Å². The predicted molar refractivity (Wildman–Crippen MR) is 119 cm³/mol. The molecule has 0 aliphatic carbocycles. The molecule has 0 heterocycles. The van der Waals surface area contributed by atoms with Gasteiger partial charge in [-0.3, -0.25) is 4.55 Å². The van der Waals surface area contributed by atoms with Crippen LogP contribution >= 0.6 is 0 Å². The van der Waals surface area contributed by atoms with Crippen LogP contribution in [-0.2, 0) is 16.5 Å². The minimum absolute atomic E-state index is 0. The molecule has 0 fully saturated rings. The molecule has 0 saturated carbocycles. The molecular formula is C21H35NaO7S. The van der Waals surface area contributed by atoms with Crippen molar-refractivity contribution in [3.8, 4) is 5.75 Å². The van der Waals surface area contributed by atoms with Crippen molar-refractivity contribution in [2.45, 2.75) is 77.1 Å². The van der Waals surface area contributed by atoms with Crippen molar-refractivity contribution in [3.63, 3.8) is 0 Å². The van der Waals surface area contributed by atoms with E-state index in [1.165, 1.54) is 44.6 Å². The number of ether oxygens (including phenoxy) is 1. The van der Waals surface area contributed by atoms with Crippen LogP contribution in [0.25, 0.3) is 0 Å². The Hall–Kier alpha value is -0.450. The second-order valence-corrected chi connectivity index (χ2v) is 8.82. The van der Waals surface area contributed by atoms with E-state index in [1.807, 2.05) is 12.1 Å². The Kier molecular flexibility index (Phi) is 15.1. The third-order valence-corrected chi connectivity index (χ3v) is 5.29. The van der Waals surface area contributed by atoms with Gasteiger partial charge in [0.1, 0.15) is 5.75 Å². The molecule has 168 valence electrons. The number of benzene rings is 1. The van der Waals surface area contributed by atoms with Crippen LogP contribution in [0.3, 0.4) is 0 Å². The van der Waals surface area contributed by atoms with E-state index in [0.29, 0.717) is 5.75 Å². The first-order valence-electron chi connectivity index (χ1n) is 10.2. The Morgan fingerprint density at radius 3 is 2.07 bits per heavy atom. The van der Waals surface area contributed by atoms with Crippen LogP contribution in [0.4, 0.5) is 0 Å². The maximum atomic E-state index is 10.7. The van der Waals surface area contributed by atoms with Gasteiger partial charge in [0.2, 0.25) is 0 Å². The van der Waals surface area contributed by atoms with Crippen molar-refractivity contribution in [3.05, 3.63) is 41.7 Å². The molecule has 0 aliphatic rings. The summed E-state index contributed by atoms with van der Waals surface area (Å²) in [6.45, 7) is 2.21. The fourth-order valence-corrected chi connectivity index (χ4v) is 3.41. The summed E-state index contributed by atoms with van der Waals surface area (Å²) in [5.74, 6) is -3.86. The van der Waals surface area contributed by atoms with E-state index < -0.39 is 27.6 Å². The van der Waals surface area contributed by atoms with Crippen LogP contribution in [0.1, 0.15) is 70.3 Å². The Morgan fingerprint density at radius 1 is 0.967 bits per heavy atom. The maximum absolute atomic E-state index is 10.7. The van der Waals surface area contributed by atoms with Crippen LogP contribution in [0.15, 0.2) is 36.1 Å². The van der Waals surface area contributed by atoms with E-state index in [9.17, 15) is 23.7 Å².